The molecule has 3 aromatic carbocycles. The number of benzene rings is 3. The summed E-state index contributed by atoms with van der Waals surface area (Å²) in [6.07, 6.45) is 3.00. The van der Waals surface area contributed by atoms with Gasteiger partial charge in [0, 0.05) is 34.5 Å². The molecule has 8 heteroatoms. The maximum atomic E-state index is 13.4. The van der Waals surface area contributed by atoms with E-state index in [0.29, 0.717) is 50.5 Å². The van der Waals surface area contributed by atoms with Gasteiger partial charge in [-0.15, -0.1) is 0 Å². The summed E-state index contributed by atoms with van der Waals surface area (Å²) >= 11 is 13.8. The lowest BCUT2D eigenvalue weighted by Gasteiger charge is -2.14. The Bertz CT molecular complexity index is 1440. The Balaban J connectivity index is 1.62. The molecule has 0 saturated carbocycles. The van der Waals surface area contributed by atoms with Crippen molar-refractivity contribution in [1.82, 2.24) is 14.9 Å². The smallest absolute Gasteiger partial charge is 0.262 e. The first kappa shape index (κ1) is 26.3. The molecule has 1 N–H and O–H groups in total. The van der Waals surface area contributed by atoms with E-state index in [2.05, 4.69) is 12.2 Å². The molecule has 1 aromatic heterocycles. The van der Waals surface area contributed by atoms with Crippen LogP contribution >= 0.6 is 35.0 Å². The summed E-state index contributed by atoms with van der Waals surface area (Å²) in [4.78, 5) is 31.1. The molecule has 1 amide bonds. The highest BCUT2D eigenvalue weighted by Gasteiger charge is 2.15. The largest absolute Gasteiger partial charge is 0.348 e. The van der Waals surface area contributed by atoms with Crippen LogP contribution < -0.4 is 10.9 Å². The van der Waals surface area contributed by atoms with Crippen molar-refractivity contribution >= 4 is 51.8 Å². The molecule has 0 aliphatic heterocycles. The molecule has 4 aromatic rings. The SMILES string of the molecule is CCCCCn1c(SCc2cccc(Cl)c2)nc2cc(C(=O)NCc3ccccc3Cl)ccc2c1=O. The molecule has 0 saturated heterocycles. The Morgan fingerprint density at radius 1 is 1.03 bits per heavy atom. The van der Waals surface area contributed by atoms with E-state index < -0.39 is 0 Å². The third kappa shape index (κ3) is 6.49. The monoisotopic (exact) mass is 539 g/mol. The van der Waals surface area contributed by atoms with Gasteiger partial charge in [0.25, 0.3) is 11.5 Å². The highest BCUT2D eigenvalue weighted by atomic mass is 35.5. The number of thioether (sulfide) groups is 1. The molecular weight excluding hydrogens is 513 g/mol. The fourth-order valence-corrected chi connectivity index (χ4v) is 5.25. The number of halogens is 2. The van der Waals surface area contributed by atoms with Gasteiger partial charge in [-0.05, 0) is 53.9 Å². The number of nitrogens with zero attached hydrogens (tertiary/aromatic N) is 2. The van der Waals surface area contributed by atoms with Gasteiger partial charge in [0.05, 0.1) is 10.9 Å². The fourth-order valence-electron chi connectivity index (χ4n) is 3.86. The van der Waals surface area contributed by atoms with E-state index in [4.69, 9.17) is 28.2 Å². The van der Waals surface area contributed by atoms with E-state index in [0.717, 1.165) is 30.4 Å². The molecule has 4 rings (SSSR count). The van der Waals surface area contributed by atoms with E-state index in [-0.39, 0.29) is 11.5 Å². The quantitative estimate of drug-likeness (QED) is 0.132. The van der Waals surface area contributed by atoms with Crippen molar-refractivity contribution in [3.05, 3.63) is 104 Å². The number of unbranched alkanes of at least 4 members (excludes halogenated alkanes) is 2. The minimum absolute atomic E-state index is 0.0901. The van der Waals surface area contributed by atoms with E-state index in [1.54, 1.807) is 28.8 Å². The molecule has 186 valence electrons. The van der Waals surface area contributed by atoms with Crippen molar-refractivity contribution in [2.45, 2.75) is 50.2 Å². The topological polar surface area (TPSA) is 64.0 Å². The first-order valence-corrected chi connectivity index (χ1v) is 13.6. The Morgan fingerprint density at radius 2 is 1.86 bits per heavy atom. The second kappa shape index (κ2) is 12.4. The number of aromatic nitrogens is 2. The summed E-state index contributed by atoms with van der Waals surface area (Å²) in [5.74, 6) is 0.378. The highest BCUT2D eigenvalue weighted by molar-refractivity contribution is 7.98. The van der Waals surface area contributed by atoms with Gasteiger partial charge in [-0.3, -0.25) is 14.2 Å². The average molecular weight is 541 g/mol. The fraction of sp³-hybridized carbons (Fsp3) is 0.250. The predicted molar refractivity (Wildman–Crippen MR) is 149 cm³/mol. The molecule has 0 spiro atoms. The van der Waals surface area contributed by atoms with Crippen LogP contribution in [0.2, 0.25) is 10.0 Å². The van der Waals surface area contributed by atoms with Crippen molar-refractivity contribution in [2.24, 2.45) is 0 Å². The Labute approximate surface area is 224 Å². The zero-order valence-electron chi connectivity index (χ0n) is 20.0. The Hall–Kier alpha value is -2.80. The summed E-state index contributed by atoms with van der Waals surface area (Å²) in [5.41, 5.74) is 2.74. The molecule has 0 aliphatic carbocycles. The lowest BCUT2D eigenvalue weighted by Crippen LogP contribution is -2.25. The summed E-state index contributed by atoms with van der Waals surface area (Å²) < 4.78 is 1.75. The Kier molecular flexibility index (Phi) is 9.08. The lowest BCUT2D eigenvalue weighted by molar-refractivity contribution is 0.0951. The first-order chi connectivity index (χ1) is 17.5. The van der Waals surface area contributed by atoms with Gasteiger partial charge in [-0.2, -0.15) is 0 Å². The molecule has 5 nitrogen and oxygen atoms in total. The summed E-state index contributed by atoms with van der Waals surface area (Å²) in [5, 5.41) is 5.31. The number of amides is 1. The number of carbonyl (C=O) groups is 1. The second-order valence-corrected chi connectivity index (χ2v) is 10.3. The molecule has 0 aliphatic rings. The molecule has 0 radical (unpaired) electrons. The predicted octanol–water partition coefficient (Wildman–Crippen LogP) is 7.12. The van der Waals surface area contributed by atoms with E-state index in [9.17, 15) is 9.59 Å². The van der Waals surface area contributed by atoms with Crippen LogP contribution in [0.4, 0.5) is 0 Å². The van der Waals surface area contributed by atoms with Crippen LogP contribution in [0.5, 0.6) is 0 Å². The van der Waals surface area contributed by atoms with E-state index in [1.165, 1.54) is 11.8 Å². The van der Waals surface area contributed by atoms with E-state index in [1.807, 2.05) is 42.5 Å². The third-order valence-corrected chi connectivity index (χ3v) is 7.47. The van der Waals surface area contributed by atoms with Crippen LogP contribution in [-0.2, 0) is 18.8 Å². The normalized spacial score (nSPS) is 11.1. The van der Waals surface area contributed by atoms with Crippen molar-refractivity contribution in [3.8, 4) is 0 Å². The molecule has 1 heterocycles. The zero-order chi connectivity index (χ0) is 25.5. The third-order valence-electron chi connectivity index (χ3n) is 5.82. The van der Waals surface area contributed by atoms with Crippen LogP contribution in [0.15, 0.2) is 76.7 Å². The molecular formula is C28H27Cl2N3O2S. The average Bonchev–Trinajstić information content (AvgIpc) is 2.88. The molecule has 0 unspecified atom stereocenters. The van der Waals surface area contributed by atoms with Crippen LogP contribution in [-0.4, -0.2) is 15.5 Å². The minimum atomic E-state index is -0.251. The molecule has 0 atom stereocenters. The van der Waals surface area contributed by atoms with Gasteiger partial charge in [0.2, 0.25) is 0 Å². The number of carbonyl (C=O) groups excluding carboxylic acids is 1. The van der Waals surface area contributed by atoms with Crippen LogP contribution in [0.25, 0.3) is 10.9 Å². The minimum Gasteiger partial charge on any atom is -0.348 e. The highest BCUT2D eigenvalue weighted by Crippen LogP contribution is 2.24. The van der Waals surface area contributed by atoms with Crippen molar-refractivity contribution < 1.29 is 4.79 Å². The summed E-state index contributed by atoms with van der Waals surface area (Å²) in [7, 11) is 0. The van der Waals surface area contributed by atoms with Crippen molar-refractivity contribution in [3.63, 3.8) is 0 Å². The number of rotatable bonds is 10. The van der Waals surface area contributed by atoms with Crippen LogP contribution in [0, 0.1) is 0 Å². The molecule has 0 fully saturated rings. The van der Waals surface area contributed by atoms with Crippen LogP contribution in [0.1, 0.15) is 47.7 Å². The molecule has 0 bridgehead atoms. The van der Waals surface area contributed by atoms with Gasteiger partial charge in [-0.1, -0.05) is 85.1 Å². The number of hydrogen-bond donors (Lipinski definition) is 1. The molecule has 36 heavy (non-hydrogen) atoms. The van der Waals surface area contributed by atoms with E-state index >= 15 is 0 Å². The first-order valence-electron chi connectivity index (χ1n) is 11.9. The second-order valence-electron chi connectivity index (χ2n) is 8.48. The Morgan fingerprint density at radius 3 is 2.64 bits per heavy atom. The number of fused-ring (bicyclic) bond motifs is 1. The van der Waals surface area contributed by atoms with Crippen molar-refractivity contribution in [1.29, 1.82) is 0 Å². The number of nitrogens with one attached hydrogen (secondary N) is 1. The van der Waals surface area contributed by atoms with Gasteiger partial charge in [-0.25, -0.2) is 4.98 Å². The van der Waals surface area contributed by atoms with Gasteiger partial charge < -0.3 is 5.32 Å². The van der Waals surface area contributed by atoms with Crippen molar-refractivity contribution in [2.75, 3.05) is 0 Å². The summed E-state index contributed by atoms with van der Waals surface area (Å²) in [6.45, 7) is 3.05. The van der Waals surface area contributed by atoms with Crippen LogP contribution in [0.3, 0.4) is 0 Å². The van der Waals surface area contributed by atoms with Gasteiger partial charge in [0.1, 0.15) is 0 Å². The maximum absolute atomic E-state index is 13.4. The number of hydrogen-bond acceptors (Lipinski definition) is 4. The summed E-state index contributed by atoms with van der Waals surface area (Å²) in [6, 6.07) is 20.1. The van der Waals surface area contributed by atoms with Gasteiger partial charge >= 0.3 is 0 Å². The standard InChI is InChI=1S/C28H27Cl2N3O2S/c1-2-3-6-14-33-27(35)23-13-12-20(26(34)31-17-21-9-4-5-11-24(21)30)16-25(23)32-28(33)36-18-19-8-7-10-22(29)15-19/h4-5,7-13,15-16H,2-3,6,14,17-18H2,1H3,(H,31,34). The zero-order valence-corrected chi connectivity index (χ0v) is 22.3. The lowest BCUT2D eigenvalue weighted by atomic mass is 10.1. The van der Waals surface area contributed by atoms with Gasteiger partial charge in [0.15, 0.2) is 5.16 Å². The maximum Gasteiger partial charge on any atom is 0.262 e.